The van der Waals surface area contributed by atoms with Crippen LogP contribution >= 0.6 is 11.8 Å². The average Bonchev–Trinajstić information content (AvgIpc) is 2.34. The standard InChI is InChI=1S/C15H24O2S/c16-14(10-12-2-1-3-12)13-4-7-17-15(11-13)5-8-18-9-6-15/h12-13H,1-11H2. The SMILES string of the molecule is O=C(CC1CCC1)C1CCOC2(CCSCC2)C1. The average molecular weight is 268 g/mol. The summed E-state index contributed by atoms with van der Waals surface area (Å²) >= 11 is 2.03. The number of carbonyl (C=O) groups excluding carboxylic acids is 1. The van der Waals surface area contributed by atoms with E-state index >= 15 is 0 Å². The molecule has 0 bridgehead atoms. The molecular weight excluding hydrogens is 244 g/mol. The van der Waals surface area contributed by atoms with Crippen LogP contribution in [0.15, 0.2) is 0 Å². The van der Waals surface area contributed by atoms with Crippen molar-refractivity contribution in [2.45, 2.75) is 57.0 Å². The highest BCUT2D eigenvalue weighted by atomic mass is 32.2. The van der Waals surface area contributed by atoms with Gasteiger partial charge >= 0.3 is 0 Å². The van der Waals surface area contributed by atoms with Crippen LogP contribution in [-0.4, -0.2) is 29.5 Å². The lowest BCUT2D eigenvalue weighted by atomic mass is 9.75. The third-order valence-electron chi connectivity index (χ3n) is 5.07. The molecule has 0 radical (unpaired) electrons. The van der Waals surface area contributed by atoms with Gasteiger partial charge in [0.15, 0.2) is 0 Å². The number of rotatable bonds is 3. The highest BCUT2D eigenvalue weighted by Gasteiger charge is 2.41. The zero-order valence-electron chi connectivity index (χ0n) is 11.2. The Kier molecular flexibility index (Phi) is 4.00. The van der Waals surface area contributed by atoms with Gasteiger partial charge in [-0.2, -0.15) is 11.8 Å². The molecule has 0 aromatic heterocycles. The van der Waals surface area contributed by atoms with Crippen molar-refractivity contribution >= 4 is 17.5 Å². The van der Waals surface area contributed by atoms with Gasteiger partial charge in [0.05, 0.1) is 5.60 Å². The smallest absolute Gasteiger partial charge is 0.136 e. The Morgan fingerprint density at radius 1 is 1.22 bits per heavy atom. The summed E-state index contributed by atoms with van der Waals surface area (Å²) in [6.45, 7) is 0.811. The Morgan fingerprint density at radius 2 is 2.00 bits per heavy atom. The van der Waals surface area contributed by atoms with Crippen LogP contribution in [0.4, 0.5) is 0 Å². The Morgan fingerprint density at radius 3 is 2.67 bits per heavy atom. The fourth-order valence-corrected chi connectivity index (χ4v) is 4.78. The summed E-state index contributed by atoms with van der Waals surface area (Å²) in [5.41, 5.74) is 0.0729. The van der Waals surface area contributed by atoms with Crippen molar-refractivity contribution in [3.8, 4) is 0 Å². The number of hydrogen-bond acceptors (Lipinski definition) is 3. The molecule has 1 spiro atoms. The first-order chi connectivity index (χ1) is 8.77. The van der Waals surface area contributed by atoms with Gasteiger partial charge < -0.3 is 4.74 Å². The summed E-state index contributed by atoms with van der Waals surface area (Å²) < 4.78 is 6.07. The number of Topliss-reactive ketones (excluding diaryl/α,β-unsaturated/α-hetero) is 1. The van der Waals surface area contributed by atoms with Gasteiger partial charge in [0, 0.05) is 18.9 Å². The molecule has 2 nitrogen and oxygen atoms in total. The van der Waals surface area contributed by atoms with Crippen LogP contribution < -0.4 is 0 Å². The summed E-state index contributed by atoms with van der Waals surface area (Å²) in [6, 6.07) is 0. The van der Waals surface area contributed by atoms with E-state index in [0.29, 0.717) is 11.7 Å². The maximum absolute atomic E-state index is 12.4. The molecule has 1 saturated carbocycles. The zero-order valence-corrected chi connectivity index (χ0v) is 12.0. The summed E-state index contributed by atoms with van der Waals surface area (Å²) in [7, 11) is 0. The summed E-state index contributed by atoms with van der Waals surface area (Å²) in [6.07, 6.45) is 9.07. The lowest BCUT2D eigenvalue weighted by Gasteiger charge is -2.43. The van der Waals surface area contributed by atoms with E-state index in [0.717, 1.165) is 44.6 Å². The van der Waals surface area contributed by atoms with Crippen LogP contribution in [0.25, 0.3) is 0 Å². The minimum atomic E-state index is 0.0729. The van der Waals surface area contributed by atoms with Gasteiger partial charge in [-0.1, -0.05) is 19.3 Å². The number of ketones is 1. The second kappa shape index (κ2) is 5.54. The summed E-state index contributed by atoms with van der Waals surface area (Å²) in [5.74, 6) is 3.99. The molecule has 1 unspecified atom stereocenters. The number of ether oxygens (including phenoxy) is 1. The third kappa shape index (κ3) is 2.77. The van der Waals surface area contributed by atoms with Crippen LogP contribution in [-0.2, 0) is 9.53 Å². The van der Waals surface area contributed by atoms with Gasteiger partial charge in [0.2, 0.25) is 0 Å². The highest BCUT2D eigenvalue weighted by molar-refractivity contribution is 7.99. The van der Waals surface area contributed by atoms with Crippen LogP contribution in [0.5, 0.6) is 0 Å². The fourth-order valence-electron chi connectivity index (χ4n) is 3.54. The largest absolute Gasteiger partial charge is 0.375 e. The molecule has 3 fully saturated rings. The maximum atomic E-state index is 12.4. The van der Waals surface area contributed by atoms with Crippen molar-refractivity contribution < 1.29 is 9.53 Å². The Labute approximate surface area is 114 Å². The Hall–Kier alpha value is -0.0200. The van der Waals surface area contributed by atoms with Crippen molar-refractivity contribution in [1.29, 1.82) is 0 Å². The number of carbonyl (C=O) groups is 1. The molecule has 0 amide bonds. The molecule has 3 rings (SSSR count). The van der Waals surface area contributed by atoms with E-state index < -0.39 is 0 Å². The molecule has 2 aliphatic heterocycles. The normalized spacial score (nSPS) is 32.1. The molecule has 0 aromatic carbocycles. The predicted molar refractivity (Wildman–Crippen MR) is 74.9 cm³/mol. The highest BCUT2D eigenvalue weighted by Crippen LogP contribution is 2.41. The molecule has 2 saturated heterocycles. The first kappa shape index (κ1) is 13.0. The molecule has 102 valence electrons. The van der Waals surface area contributed by atoms with Gasteiger partial charge in [-0.3, -0.25) is 4.79 Å². The van der Waals surface area contributed by atoms with E-state index in [9.17, 15) is 4.79 Å². The molecule has 1 aliphatic carbocycles. The van der Waals surface area contributed by atoms with Crippen molar-refractivity contribution in [2.75, 3.05) is 18.1 Å². The Bertz CT molecular complexity index is 300. The monoisotopic (exact) mass is 268 g/mol. The molecule has 0 aromatic rings. The minimum absolute atomic E-state index is 0.0729. The molecular formula is C15H24O2S. The molecule has 1 atom stereocenters. The predicted octanol–water partition coefficient (Wildman–Crippen LogP) is 3.44. The molecule has 0 N–H and O–H groups in total. The lowest BCUT2D eigenvalue weighted by molar-refractivity contribution is -0.139. The topological polar surface area (TPSA) is 26.3 Å². The minimum Gasteiger partial charge on any atom is -0.375 e. The van der Waals surface area contributed by atoms with Crippen molar-refractivity contribution in [1.82, 2.24) is 0 Å². The van der Waals surface area contributed by atoms with Crippen LogP contribution in [0.1, 0.15) is 51.4 Å². The van der Waals surface area contributed by atoms with Gasteiger partial charge in [0.1, 0.15) is 5.78 Å². The van der Waals surface area contributed by atoms with Crippen molar-refractivity contribution in [2.24, 2.45) is 11.8 Å². The third-order valence-corrected chi connectivity index (χ3v) is 6.05. The molecule has 3 heteroatoms. The summed E-state index contributed by atoms with van der Waals surface area (Å²) in [4.78, 5) is 12.4. The van der Waals surface area contributed by atoms with Gasteiger partial charge in [-0.25, -0.2) is 0 Å². The van der Waals surface area contributed by atoms with E-state index in [2.05, 4.69) is 0 Å². The van der Waals surface area contributed by atoms with Crippen LogP contribution in [0, 0.1) is 11.8 Å². The van der Waals surface area contributed by atoms with Crippen LogP contribution in [0.2, 0.25) is 0 Å². The van der Waals surface area contributed by atoms with Crippen molar-refractivity contribution in [3.05, 3.63) is 0 Å². The van der Waals surface area contributed by atoms with E-state index in [1.54, 1.807) is 0 Å². The zero-order chi connectivity index (χ0) is 12.4. The Balaban J connectivity index is 1.56. The van der Waals surface area contributed by atoms with Crippen LogP contribution in [0.3, 0.4) is 0 Å². The summed E-state index contributed by atoms with van der Waals surface area (Å²) in [5, 5.41) is 0. The maximum Gasteiger partial charge on any atom is 0.136 e. The second-order valence-corrected chi connectivity index (χ2v) is 7.53. The first-order valence-corrected chi connectivity index (χ1v) is 8.67. The molecule has 2 heterocycles. The quantitative estimate of drug-likeness (QED) is 0.784. The van der Waals surface area contributed by atoms with E-state index in [1.165, 1.54) is 30.8 Å². The van der Waals surface area contributed by atoms with Gasteiger partial charge in [-0.05, 0) is 43.1 Å². The fraction of sp³-hybridized carbons (Fsp3) is 0.933. The lowest BCUT2D eigenvalue weighted by Crippen LogP contribution is -2.44. The van der Waals surface area contributed by atoms with Crippen molar-refractivity contribution in [3.63, 3.8) is 0 Å². The molecule has 18 heavy (non-hydrogen) atoms. The number of thioether (sulfide) groups is 1. The van der Waals surface area contributed by atoms with Gasteiger partial charge in [0.25, 0.3) is 0 Å². The first-order valence-electron chi connectivity index (χ1n) is 7.52. The van der Waals surface area contributed by atoms with E-state index in [1.807, 2.05) is 11.8 Å². The number of hydrogen-bond donors (Lipinski definition) is 0. The van der Waals surface area contributed by atoms with E-state index in [-0.39, 0.29) is 5.60 Å². The van der Waals surface area contributed by atoms with E-state index in [4.69, 9.17) is 4.74 Å². The second-order valence-electron chi connectivity index (χ2n) is 6.30. The molecule has 3 aliphatic rings. The van der Waals surface area contributed by atoms with Gasteiger partial charge in [-0.15, -0.1) is 0 Å².